The van der Waals surface area contributed by atoms with E-state index in [2.05, 4.69) is 9.71 Å². The molecule has 0 fully saturated rings. The maximum absolute atomic E-state index is 12.4. The Balaban J connectivity index is 2.30. The fourth-order valence-corrected chi connectivity index (χ4v) is 3.59. The molecule has 0 saturated carbocycles. The molecule has 1 N–H and O–H groups in total. The first kappa shape index (κ1) is 16.2. The number of sulfonamides is 1. The number of hydrogen-bond acceptors (Lipinski definition) is 4. The fraction of sp³-hybridized carbons (Fsp3) is 0.357. The van der Waals surface area contributed by atoms with Crippen LogP contribution in [-0.2, 0) is 10.0 Å². The Morgan fingerprint density at radius 3 is 2.67 bits per heavy atom. The van der Waals surface area contributed by atoms with E-state index < -0.39 is 10.0 Å². The lowest BCUT2D eigenvalue weighted by Crippen LogP contribution is -2.39. The van der Waals surface area contributed by atoms with Crippen LogP contribution in [0.25, 0.3) is 10.9 Å². The van der Waals surface area contributed by atoms with E-state index in [0.717, 1.165) is 5.39 Å². The molecule has 2 rings (SSSR count). The van der Waals surface area contributed by atoms with Crippen molar-refractivity contribution < 1.29 is 8.42 Å². The molecule has 7 heteroatoms. The highest BCUT2D eigenvalue weighted by molar-refractivity contribution is 7.89. The van der Waals surface area contributed by atoms with E-state index in [0.29, 0.717) is 17.2 Å². The van der Waals surface area contributed by atoms with Gasteiger partial charge in [-0.15, -0.1) is 0 Å². The Kier molecular flexibility index (Phi) is 4.83. The molecule has 0 saturated heterocycles. The quantitative estimate of drug-likeness (QED) is 0.854. The molecule has 1 unspecified atom stereocenters. The van der Waals surface area contributed by atoms with Crippen molar-refractivity contribution in [1.29, 1.82) is 0 Å². The number of nitrogens with one attached hydrogen (secondary N) is 1. The van der Waals surface area contributed by atoms with Gasteiger partial charge in [0.05, 0.1) is 10.4 Å². The molecule has 0 aliphatic rings. The topological polar surface area (TPSA) is 62.3 Å². The summed E-state index contributed by atoms with van der Waals surface area (Å²) in [5, 5.41) is 1.12. The maximum Gasteiger partial charge on any atom is 0.240 e. The molecule has 1 heterocycles. The van der Waals surface area contributed by atoms with Gasteiger partial charge in [0.2, 0.25) is 10.0 Å². The molecule has 21 heavy (non-hydrogen) atoms. The van der Waals surface area contributed by atoms with Crippen LogP contribution in [0.3, 0.4) is 0 Å². The third-order valence-electron chi connectivity index (χ3n) is 2.93. The van der Waals surface area contributed by atoms with Gasteiger partial charge >= 0.3 is 0 Å². The highest BCUT2D eigenvalue weighted by Crippen LogP contribution is 2.19. The molecule has 114 valence electrons. The van der Waals surface area contributed by atoms with E-state index in [4.69, 9.17) is 11.6 Å². The van der Waals surface area contributed by atoms with Gasteiger partial charge in [-0.25, -0.2) is 18.1 Å². The first-order valence-electron chi connectivity index (χ1n) is 6.51. The van der Waals surface area contributed by atoms with Crippen LogP contribution in [0.1, 0.15) is 6.92 Å². The van der Waals surface area contributed by atoms with Gasteiger partial charge in [0.25, 0.3) is 0 Å². The average Bonchev–Trinajstić information content (AvgIpc) is 2.36. The van der Waals surface area contributed by atoms with Crippen LogP contribution in [0.15, 0.2) is 35.2 Å². The van der Waals surface area contributed by atoms with Gasteiger partial charge in [-0.1, -0.05) is 11.6 Å². The third-order valence-corrected chi connectivity index (χ3v) is 4.73. The van der Waals surface area contributed by atoms with Crippen LogP contribution in [0.2, 0.25) is 5.15 Å². The fourth-order valence-electron chi connectivity index (χ4n) is 2.16. The molecular formula is C14H18ClN3O2S. The highest BCUT2D eigenvalue weighted by Gasteiger charge is 2.18. The number of halogens is 1. The first-order valence-corrected chi connectivity index (χ1v) is 8.37. The molecule has 1 atom stereocenters. The molecule has 5 nitrogen and oxygen atoms in total. The van der Waals surface area contributed by atoms with Crippen LogP contribution in [0.5, 0.6) is 0 Å². The van der Waals surface area contributed by atoms with Crippen LogP contribution in [0, 0.1) is 0 Å². The third kappa shape index (κ3) is 4.14. The van der Waals surface area contributed by atoms with E-state index in [9.17, 15) is 8.42 Å². The van der Waals surface area contributed by atoms with Gasteiger partial charge in [0.1, 0.15) is 5.15 Å². The van der Waals surface area contributed by atoms with E-state index in [1.54, 1.807) is 24.3 Å². The van der Waals surface area contributed by atoms with E-state index in [-0.39, 0.29) is 10.9 Å². The number of likely N-dealkylation sites (N-methyl/N-ethyl adjacent to an activating group) is 1. The van der Waals surface area contributed by atoms with E-state index in [1.165, 1.54) is 6.07 Å². The zero-order valence-electron chi connectivity index (χ0n) is 12.2. The minimum atomic E-state index is -3.54. The lowest BCUT2D eigenvalue weighted by molar-refractivity contribution is 0.370. The molecule has 1 aromatic carbocycles. The number of hydrogen-bond donors (Lipinski definition) is 1. The summed E-state index contributed by atoms with van der Waals surface area (Å²) >= 11 is 5.82. The van der Waals surface area contributed by atoms with Gasteiger partial charge in [-0.3, -0.25) is 0 Å². The maximum atomic E-state index is 12.4. The number of pyridine rings is 1. The number of benzene rings is 1. The minimum Gasteiger partial charge on any atom is -0.308 e. The number of nitrogens with zero attached hydrogens (tertiary/aromatic N) is 2. The van der Waals surface area contributed by atoms with Gasteiger partial charge in [-0.2, -0.15) is 0 Å². The Hall–Kier alpha value is -1.21. The minimum absolute atomic E-state index is 0.177. The lowest BCUT2D eigenvalue weighted by atomic mass is 10.2. The molecule has 0 bridgehead atoms. The zero-order chi connectivity index (χ0) is 15.6. The number of aromatic nitrogens is 1. The molecular weight excluding hydrogens is 310 g/mol. The largest absolute Gasteiger partial charge is 0.308 e. The summed E-state index contributed by atoms with van der Waals surface area (Å²) in [6, 6.07) is 8.02. The molecule has 0 aliphatic heterocycles. The standard InChI is InChI=1S/C14H18ClN3O2S/c1-10(9-18(2)3)17-21(19,20)12-5-6-13-11(8-12)4-7-14(15)16-13/h4-8,10,17H,9H2,1-3H3. The van der Waals surface area contributed by atoms with Crippen molar-refractivity contribution >= 4 is 32.5 Å². The second-order valence-corrected chi connectivity index (χ2v) is 7.37. The lowest BCUT2D eigenvalue weighted by Gasteiger charge is -2.18. The van der Waals surface area contributed by atoms with Crippen LogP contribution in [0.4, 0.5) is 0 Å². The van der Waals surface area contributed by atoms with Gasteiger partial charge in [-0.05, 0) is 51.4 Å². The van der Waals surface area contributed by atoms with Gasteiger partial charge < -0.3 is 4.90 Å². The summed E-state index contributed by atoms with van der Waals surface area (Å²) in [5.41, 5.74) is 0.669. The van der Waals surface area contributed by atoms with Crippen LogP contribution < -0.4 is 4.72 Å². The normalized spacial score (nSPS) is 13.8. The molecule has 0 radical (unpaired) electrons. The average molecular weight is 328 g/mol. The SMILES string of the molecule is CC(CN(C)C)NS(=O)(=O)c1ccc2nc(Cl)ccc2c1. The summed E-state index contributed by atoms with van der Waals surface area (Å²) < 4.78 is 27.4. The Bertz CT molecular complexity index is 747. The Morgan fingerprint density at radius 1 is 1.29 bits per heavy atom. The van der Waals surface area contributed by atoms with Crippen molar-refractivity contribution in [3.05, 3.63) is 35.5 Å². The number of fused-ring (bicyclic) bond motifs is 1. The molecule has 2 aromatic rings. The van der Waals surface area contributed by atoms with Crippen LogP contribution in [-0.4, -0.2) is 45.0 Å². The van der Waals surface area contributed by atoms with E-state index in [1.807, 2.05) is 25.9 Å². The van der Waals surface area contributed by atoms with Crippen molar-refractivity contribution in [2.45, 2.75) is 17.9 Å². The monoisotopic (exact) mass is 327 g/mol. The first-order chi connectivity index (χ1) is 9.78. The summed E-state index contributed by atoms with van der Waals surface area (Å²) in [5.74, 6) is 0. The van der Waals surface area contributed by atoms with E-state index >= 15 is 0 Å². The van der Waals surface area contributed by atoms with Gasteiger partial charge in [0, 0.05) is 18.0 Å². The molecule has 0 spiro atoms. The summed E-state index contributed by atoms with van der Waals surface area (Å²) in [6.07, 6.45) is 0. The molecule has 0 aliphatic carbocycles. The Morgan fingerprint density at radius 2 is 2.00 bits per heavy atom. The zero-order valence-corrected chi connectivity index (χ0v) is 13.7. The number of rotatable bonds is 5. The van der Waals surface area contributed by atoms with Crippen LogP contribution >= 0.6 is 11.6 Å². The van der Waals surface area contributed by atoms with Crippen molar-refractivity contribution in [3.63, 3.8) is 0 Å². The summed E-state index contributed by atoms with van der Waals surface area (Å²) in [7, 11) is 0.254. The molecule has 1 aromatic heterocycles. The second-order valence-electron chi connectivity index (χ2n) is 5.27. The van der Waals surface area contributed by atoms with Crippen molar-refractivity contribution in [3.8, 4) is 0 Å². The predicted molar refractivity (Wildman–Crippen MR) is 85.1 cm³/mol. The highest BCUT2D eigenvalue weighted by atomic mass is 35.5. The van der Waals surface area contributed by atoms with Crippen molar-refractivity contribution in [2.24, 2.45) is 0 Å². The smallest absolute Gasteiger partial charge is 0.240 e. The Labute approximate surface area is 130 Å². The second kappa shape index (κ2) is 6.27. The summed E-state index contributed by atoms with van der Waals surface area (Å²) in [4.78, 5) is 6.30. The van der Waals surface area contributed by atoms with Crippen molar-refractivity contribution in [2.75, 3.05) is 20.6 Å². The van der Waals surface area contributed by atoms with Crippen molar-refractivity contribution in [1.82, 2.24) is 14.6 Å². The summed E-state index contributed by atoms with van der Waals surface area (Å²) in [6.45, 7) is 2.46. The molecule has 0 amide bonds. The predicted octanol–water partition coefficient (Wildman–Crippen LogP) is 2.12. The van der Waals surface area contributed by atoms with Gasteiger partial charge in [0.15, 0.2) is 0 Å².